The summed E-state index contributed by atoms with van der Waals surface area (Å²) in [5.74, 6) is 1.62. The molecule has 0 amide bonds. The predicted octanol–water partition coefficient (Wildman–Crippen LogP) is 31.5. The van der Waals surface area contributed by atoms with Crippen molar-refractivity contribution >= 4 is 0 Å². The Morgan fingerprint density at radius 2 is 0.250 bits per heavy atom. The zero-order chi connectivity index (χ0) is 79.9. The van der Waals surface area contributed by atoms with E-state index in [1.165, 1.54) is 11.1 Å². The second kappa shape index (κ2) is 33.2. The SMILES string of the molecule is c1ccc(-c2cccc(-c3cc(-c4cccc(-c5ccccc5)c4)cc(-c4ccccc4-c4ccc(-c5nc(-c6cccc(-c7cc(-c8ccccc8)cc(-c8ccccc8)c7)c6)nc(-c6cc(-c7ccccc7)cc(-c7ccccc7)c6)n5)cc4-c4cc(-c5cccc(-c6ccccc6)c5)cc(-c5cccc(-c6ccccc6)c5)c4)c3)c2)cc1. The number of hydrogen-bond acceptors (Lipinski definition) is 3. The van der Waals surface area contributed by atoms with Gasteiger partial charge in [-0.3, -0.25) is 0 Å². The van der Waals surface area contributed by atoms with Crippen LogP contribution in [0.4, 0.5) is 0 Å². The van der Waals surface area contributed by atoms with Crippen molar-refractivity contribution in [3.8, 4) is 212 Å². The summed E-state index contributed by atoms with van der Waals surface area (Å²) < 4.78 is 0. The molecule has 1 aromatic heterocycles. The Bertz CT molecular complexity index is 6770. The smallest absolute Gasteiger partial charge is 0.164 e. The summed E-state index contributed by atoms with van der Waals surface area (Å²) in [5, 5.41) is 0. The van der Waals surface area contributed by atoms with Crippen LogP contribution in [0, 0.1) is 0 Å². The van der Waals surface area contributed by atoms with Gasteiger partial charge in [0.25, 0.3) is 0 Å². The van der Waals surface area contributed by atoms with E-state index in [0.29, 0.717) is 17.5 Å². The highest BCUT2D eigenvalue weighted by Crippen LogP contribution is 2.47. The minimum Gasteiger partial charge on any atom is -0.208 e. The molecule has 0 saturated carbocycles. The lowest BCUT2D eigenvalue weighted by molar-refractivity contribution is 1.07. The second-order valence-corrected chi connectivity index (χ2v) is 30.6. The van der Waals surface area contributed by atoms with Gasteiger partial charge in [-0.25, -0.2) is 15.0 Å². The van der Waals surface area contributed by atoms with Gasteiger partial charge in [0.2, 0.25) is 0 Å². The van der Waals surface area contributed by atoms with Crippen LogP contribution in [0.25, 0.3) is 212 Å². The van der Waals surface area contributed by atoms with Gasteiger partial charge in [-0.1, -0.05) is 370 Å². The standard InChI is InChI=1S/C117H79N3/c1-9-32-80(33-10-1)88-48-27-52-92(62-88)104-71-105(93-53-28-49-89(63-93)81-34-11-2-12-35-81)74-108(73-104)111-58-25-26-59-112(111)113-61-60-98(79-114(113)109-75-106(94-54-29-50-90(64-94)82-36-13-3-14-37-82)72-107(76-109)95-55-30-51-91(65-95)83-38-15-4-16-39-83)116-118-115(119-117(120-116)110-77-101(86-44-21-7-22-45-86)68-102(78-110)87-46-23-8-24-47-87)97-57-31-56-96(66-97)103-69-99(84-40-17-5-18-41-84)67-100(70-103)85-42-19-6-20-43-85/h1-79H. The average Bonchev–Trinajstić information content (AvgIpc) is 0.758. The van der Waals surface area contributed by atoms with E-state index >= 15 is 0 Å². The third-order valence-corrected chi connectivity index (χ3v) is 22.8. The third-order valence-electron chi connectivity index (χ3n) is 22.8. The van der Waals surface area contributed by atoms with Crippen molar-refractivity contribution in [1.82, 2.24) is 15.0 Å². The summed E-state index contributed by atoms with van der Waals surface area (Å²) in [7, 11) is 0. The fourth-order valence-electron chi connectivity index (χ4n) is 16.7. The fraction of sp³-hybridized carbons (Fsp3) is 0. The maximum Gasteiger partial charge on any atom is 0.164 e. The van der Waals surface area contributed by atoms with Gasteiger partial charge >= 0.3 is 0 Å². The first-order chi connectivity index (χ1) is 59.4. The highest BCUT2D eigenvalue weighted by atomic mass is 15.0. The van der Waals surface area contributed by atoms with Crippen molar-refractivity contribution < 1.29 is 0 Å². The molecule has 0 aliphatic heterocycles. The highest BCUT2D eigenvalue weighted by molar-refractivity contribution is 5.98. The maximum atomic E-state index is 5.76. The molecular weight excluding hydrogens is 1450 g/mol. The molecule has 0 radical (unpaired) electrons. The third kappa shape index (κ3) is 15.7. The zero-order valence-electron chi connectivity index (χ0n) is 66.0. The van der Waals surface area contributed by atoms with E-state index in [0.717, 1.165) is 184 Å². The molecule has 0 N–H and O–H groups in total. The van der Waals surface area contributed by atoms with Gasteiger partial charge in [0.15, 0.2) is 17.5 Å². The topological polar surface area (TPSA) is 38.7 Å². The molecule has 0 aliphatic carbocycles. The molecule has 19 aromatic carbocycles. The van der Waals surface area contributed by atoms with E-state index in [2.05, 4.69) is 479 Å². The lowest BCUT2D eigenvalue weighted by Gasteiger charge is -2.19. The van der Waals surface area contributed by atoms with Crippen molar-refractivity contribution in [3.63, 3.8) is 0 Å². The molecular formula is C117H79N3. The Morgan fingerprint density at radius 1 is 0.0833 bits per heavy atom. The zero-order valence-corrected chi connectivity index (χ0v) is 66.0. The second-order valence-electron chi connectivity index (χ2n) is 30.6. The fourth-order valence-corrected chi connectivity index (χ4v) is 16.7. The summed E-state index contributed by atoms with van der Waals surface area (Å²) in [6.07, 6.45) is 0. The maximum absolute atomic E-state index is 5.76. The van der Waals surface area contributed by atoms with Gasteiger partial charge in [0, 0.05) is 16.7 Å². The van der Waals surface area contributed by atoms with E-state index in [-0.39, 0.29) is 0 Å². The summed E-state index contributed by atoms with van der Waals surface area (Å²) in [4.78, 5) is 17.1. The number of rotatable bonds is 19. The van der Waals surface area contributed by atoms with Crippen LogP contribution in [0.3, 0.4) is 0 Å². The number of hydrogen-bond donors (Lipinski definition) is 0. The summed E-state index contributed by atoms with van der Waals surface area (Å²) >= 11 is 0. The normalized spacial score (nSPS) is 11.2. The van der Waals surface area contributed by atoms with Crippen LogP contribution in [-0.2, 0) is 0 Å². The van der Waals surface area contributed by atoms with Crippen molar-refractivity contribution in [2.45, 2.75) is 0 Å². The molecule has 0 spiro atoms. The quantitative estimate of drug-likeness (QED) is 0.0810. The van der Waals surface area contributed by atoms with Gasteiger partial charge in [-0.2, -0.15) is 0 Å². The van der Waals surface area contributed by atoms with Crippen LogP contribution >= 0.6 is 0 Å². The van der Waals surface area contributed by atoms with E-state index in [4.69, 9.17) is 15.0 Å². The van der Waals surface area contributed by atoms with Crippen LogP contribution in [0.15, 0.2) is 479 Å². The molecule has 120 heavy (non-hydrogen) atoms. The number of benzene rings is 19. The first kappa shape index (κ1) is 73.1. The molecule has 3 nitrogen and oxygen atoms in total. The van der Waals surface area contributed by atoms with Crippen LogP contribution in [0.1, 0.15) is 0 Å². The minimum atomic E-state index is 0.528. The van der Waals surface area contributed by atoms with Crippen molar-refractivity contribution in [2.75, 3.05) is 0 Å². The van der Waals surface area contributed by atoms with E-state index < -0.39 is 0 Å². The van der Waals surface area contributed by atoms with Gasteiger partial charge in [0.1, 0.15) is 0 Å². The average molecular weight is 1530 g/mol. The Balaban J connectivity index is 0.831. The highest BCUT2D eigenvalue weighted by Gasteiger charge is 2.23. The van der Waals surface area contributed by atoms with Crippen LogP contribution in [0.5, 0.6) is 0 Å². The van der Waals surface area contributed by atoms with E-state index in [9.17, 15) is 0 Å². The monoisotopic (exact) mass is 1530 g/mol. The van der Waals surface area contributed by atoms with Crippen molar-refractivity contribution in [2.24, 2.45) is 0 Å². The van der Waals surface area contributed by atoms with Crippen molar-refractivity contribution in [3.05, 3.63) is 479 Å². The van der Waals surface area contributed by atoms with E-state index in [1.807, 2.05) is 0 Å². The molecule has 20 aromatic rings. The number of nitrogens with zero attached hydrogens (tertiary/aromatic N) is 3. The minimum absolute atomic E-state index is 0.528. The molecule has 3 heteroatoms. The summed E-state index contributed by atoms with van der Waals surface area (Å²) in [6, 6.07) is 174. The summed E-state index contributed by atoms with van der Waals surface area (Å²) in [5.41, 5.74) is 37.8. The molecule has 0 unspecified atom stereocenters. The Kier molecular flexibility index (Phi) is 20.2. The summed E-state index contributed by atoms with van der Waals surface area (Å²) in [6.45, 7) is 0. The molecule has 0 bridgehead atoms. The van der Waals surface area contributed by atoms with Crippen LogP contribution in [-0.4, -0.2) is 15.0 Å². The Labute approximate surface area is 701 Å². The van der Waals surface area contributed by atoms with Crippen molar-refractivity contribution in [1.29, 1.82) is 0 Å². The molecule has 0 fully saturated rings. The lowest BCUT2D eigenvalue weighted by Crippen LogP contribution is -2.01. The number of aromatic nitrogens is 3. The predicted molar refractivity (Wildman–Crippen MR) is 503 cm³/mol. The first-order valence-corrected chi connectivity index (χ1v) is 41.0. The Hall–Kier alpha value is -15.8. The molecule has 0 atom stereocenters. The van der Waals surface area contributed by atoms with Crippen LogP contribution < -0.4 is 0 Å². The van der Waals surface area contributed by atoms with Gasteiger partial charge in [-0.15, -0.1) is 0 Å². The molecule has 1 heterocycles. The Morgan fingerprint density at radius 3 is 0.542 bits per heavy atom. The molecule has 0 aliphatic rings. The van der Waals surface area contributed by atoms with Gasteiger partial charge < -0.3 is 0 Å². The van der Waals surface area contributed by atoms with Gasteiger partial charge in [0.05, 0.1) is 0 Å². The molecule has 0 saturated heterocycles. The van der Waals surface area contributed by atoms with Gasteiger partial charge in [-0.05, 0) is 287 Å². The largest absolute Gasteiger partial charge is 0.208 e. The first-order valence-electron chi connectivity index (χ1n) is 41.0. The lowest BCUT2D eigenvalue weighted by atomic mass is 9.85. The van der Waals surface area contributed by atoms with Crippen LogP contribution in [0.2, 0.25) is 0 Å². The molecule has 562 valence electrons. The van der Waals surface area contributed by atoms with E-state index in [1.54, 1.807) is 0 Å². The molecule has 20 rings (SSSR count).